The van der Waals surface area contributed by atoms with E-state index in [0.717, 1.165) is 36.1 Å². The summed E-state index contributed by atoms with van der Waals surface area (Å²) in [4.78, 5) is 0. The van der Waals surface area contributed by atoms with E-state index in [-0.39, 0.29) is 5.82 Å². The maximum absolute atomic E-state index is 13.1. The number of methoxy groups -OCH3 is 1. The van der Waals surface area contributed by atoms with Gasteiger partial charge in [-0.3, -0.25) is 0 Å². The van der Waals surface area contributed by atoms with Crippen molar-refractivity contribution in [2.45, 2.75) is 33.1 Å². The fraction of sp³-hybridized carbons (Fsp3) is 0.368. The molecule has 0 unspecified atom stereocenters. The van der Waals surface area contributed by atoms with E-state index < -0.39 is 0 Å². The third-order valence-electron chi connectivity index (χ3n) is 3.36. The second kappa shape index (κ2) is 9.96. The first-order chi connectivity index (χ1) is 10.7. The van der Waals surface area contributed by atoms with E-state index in [9.17, 15) is 4.39 Å². The highest BCUT2D eigenvalue weighted by Crippen LogP contribution is 2.22. The maximum Gasteiger partial charge on any atom is 0.123 e. The highest BCUT2D eigenvalue weighted by atomic mass is 19.1. The van der Waals surface area contributed by atoms with E-state index in [1.807, 2.05) is 26.0 Å². The summed E-state index contributed by atoms with van der Waals surface area (Å²) in [7, 11) is 1.67. The molecule has 0 aliphatic rings. The Bertz CT molecular complexity index is 569. The van der Waals surface area contributed by atoms with Crippen LogP contribution in [0.4, 0.5) is 4.39 Å². The zero-order valence-corrected chi connectivity index (χ0v) is 13.7. The maximum atomic E-state index is 13.1. The monoisotopic (exact) mass is 303 g/mol. The van der Waals surface area contributed by atoms with Crippen LogP contribution in [0.15, 0.2) is 42.5 Å². The lowest BCUT2D eigenvalue weighted by atomic mass is 10.0. The fourth-order valence-electron chi connectivity index (χ4n) is 2.29. The molecule has 120 valence electrons. The smallest absolute Gasteiger partial charge is 0.123 e. The minimum Gasteiger partial charge on any atom is -0.496 e. The van der Waals surface area contributed by atoms with Crippen molar-refractivity contribution in [2.75, 3.05) is 13.7 Å². The Kier molecular flexibility index (Phi) is 8.23. The number of ether oxygens (including phenoxy) is 1. The number of aryl methyl sites for hydroxylation is 2. The molecule has 2 aromatic rings. The lowest BCUT2D eigenvalue weighted by Gasteiger charge is -2.10. The number of rotatable bonds is 6. The molecule has 0 aromatic heterocycles. The number of halogens is 1. The average molecular weight is 303 g/mol. The SMILES string of the molecule is CC.COc1cc(CCN)ccc1CCc1cccc(F)c1. The Morgan fingerprint density at radius 2 is 1.68 bits per heavy atom. The summed E-state index contributed by atoms with van der Waals surface area (Å²) in [6, 6.07) is 12.9. The molecule has 3 heteroatoms. The summed E-state index contributed by atoms with van der Waals surface area (Å²) in [5.74, 6) is 0.695. The molecule has 0 saturated carbocycles. The van der Waals surface area contributed by atoms with E-state index in [0.29, 0.717) is 6.54 Å². The average Bonchev–Trinajstić information content (AvgIpc) is 2.56. The number of nitrogens with two attached hydrogens (primary N) is 1. The summed E-state index contributed by atoms with van der Waals surface area (Å²) in [6.07, 6.45) is 2.47. The molecule has 2 rings (SSSR count). The first kappa shape index (κ1) is 18.2. The Balaban J connectivity index is 0.00000116. The summed E-state index contributed by atoms with van der Waals surface area (Å²) in [5, 5.41) is 0. The van der Waals surface area contributed by atoms with Gasteiger partial charge in [-0.1, -0.05) is 38.1 Å². The van der Waals surface area contributed by atoms with Crippen LogP contribution in [-0.2, 0) is 19.3 Å². The predicted molar refractivity (Wildman–Crippen MR) is 90.9 cm³/mol. The van der Waals surface area contributed by atoms with Crippen LogP contribution in [0.3, 0.4) is 0 Å². The lowest BCUT2D eigenvalue weighted by molar-refractivity contribution is 0.409. The Morgan fingerprint density at radius 3 is 2.32 bits per heavy atom. The van der Waals surface area contributed by atoms with Crippen molar-refractivity contribution in [3.05, 3.63) is 65.0 Å². The largest absolute Gasteiger partial charge is 0.496 e. The molecule has 2 aromatic carbocycles. The third kappa shape index (κ3) is 5.49. The zero-order chi connectivity index (χ0) is 16.4. The number of hydrogen-bond acceptors (Lipinski definition) is 2. The standard InChI is InChI=1S/C17H20FNO.C2H6/c1-20-17-12-14(9-10-19)6-8-15(17)7-5-13-3-2-4-16(18)11-13;1-2/h2-4,6,8,11-12H,5,7,9-10,19H2,1H3;1-2H3. The van der Waals surface area contributed by atoms with Crippen LogP contribution in [0.1, 0.15) is 30.5 Å². The van der Waals surface area contributed by atoms with Crippen LogP contribution in [0, 0.1) is 5.82 Å². The number of hydrogen-bond donors (Lipinski definition) is 1. The fourth-order valence-corrected chi connectivity index (χ4v) is 2.29. The van der Waals surface area contributed by atoms with Gasteiger partial charge in [-0.05, 0) is 60.7 Å². The predicted octanol–water partition coefficient (Wildman–Crippen LogP) is 4.15. The summed E-state index contributed by atoms with van der Waals surface area (Å²) < 4.78 is 18.6. The lowest BCUT2D eigenvalue weighted by Crippen LogP contribution is -2.04. The molecule has 2 N–H and O–H groups in total. The third-order valence-corrected chi connectivity index (χ3v) is 3.36. The van der Waals surface area contributed by atoms with Gasteiger partial charge in [0.25, 0.3) is 0 Å². The van der Waals surface area contributed by atoms with Crippen LogP contribution < -0.4 is 10.5 Å². The molecule has 0 bridgehead atoms. The minimum absolute atomic E-state index is 0.187. The van der Waals surface area contributed by atoms with Gasteiger partial charge in [0.1, 0.15) is 11.6 Å². The van der Waals surface area contributed by atoms with Crippen molar-refractivity contribution in [2.24, 2.45) is 5.73 Å². The first-order valence-corrected chi connectivity index (χ1v) is 7.83. The number of benzene rings is 2. The van der Waals surface area contributed by atoms with E-state index >= 15 is 0 Å². The van der Waals surface area contributed by atoms with Gasteiger partial charge in [-0.2, -0.15) is 0 Å². The molecule has 0 amide bonds. The second-order valence-electron chi connectivity index (χ2n) is 4.81. The van der Waals surface area contributed by atoms with Gasteiger partial charge in [0.2, 0.25) is 0 Å². The molecular formula is C19H26FNO. The van der Waals surface area contributed by atoms with Crippen LogP contribution in [0.25, 0.3) is 0 Å². The summed E-state index contributed by atoms with van der Waals surface area (Å²) >= 11 is 0. The van der Waals surface area contributed by atoms with Crippen LogP contribution in [0.5, 0.6) is 5.75 Å². The van der Waals surface area contributed by atoms with Crippen molar-refractivity contribution in [1.82, 2.24) is 0 Å². The highest BCUT2D eigenvalue weighted by molar-refractivity contribution is 5.38. The van der Waals surface area contributed by atoms with Crippen LogP contribution >= 0.6 is 0 Å². The van der Waals surface area contributed by atoms with Gasteiger partial charge < -0.3 is 10.5 Å². The molecule has 0 heterocycles. The van der Waals surface area contributed by atoms with Crippen LogP contribution in [-0.4, -0.2) is 13.7 Å². The van der Waals surface area contributed by atoms with E-state index in [4.69, 9.17) is 10.5 Å². The van der Waals surface area contributed by atoms with Gasteiger partial charge in [0.15, 0.2) is 0 Å². The molecule has 0 aliphatic carbocycles. The van der Waals surface area contributed by atoms with Crippen LogP contribution in [0.2, 0.25) is 0 Å². The Morgan fingerprint density at radius 1 is 0.955 bits per heavy atom. The van der Waals surface area contributed by atoms with Crippen molar-refractivity contribution in [3.63, 3.8) is 0 Å². The van der Waals surface area contributed by atoms with Gasteiger partial charge in [-0.15, -0.1) is 0 Å². The topological polar surface area (TPSA) is 35.2 Å². The molecule has 0 atom stereocenters. The molecule has 0 saturated heterocycles. The van der Waals surface area contributed by atoms with E-state index in [1.54, 1.807) is 19.2 Å². The second-order valence-corrected chi connectivity index (χ2v) is 4.81. The molecule has 2 nitrogen and oxygen atoms in total. The Hall–Kier alpha value is -1.87. The van der Waals surface area contributed by atoms with E-state index in [2.05, 4.69) is 12.1 Å². The molecule has 0 aliphatic heterocycles. The minimum atomic E-state index is -0.187. The van der Waals surface area contributed by atoms with Crippen molar-refractivity contribution in [3.8, 4) is 5.75 Å². The van der Waals surface area contributed by atoms with Crippen molar-refractivity contribution in [1.29, 1.82) is 0 Å². The molecule has 0 spiro atoms. The van der Waals surface area contributed by atoms with Crippen molar-refractivity contribution < 1.29 is 9.13 Å². The van der Waals surface area contributed by atoms with Gasteiger partial charge in [-0.25, -0.2) is 4.39 Å². The molecule has 0 fully saturated rings. The highest BCUT2D eigenvalue weighted by Gasteiger charge is 2.05. The zero-order valence-electron chi connectivity index (χ0n) is 13.7. The molecule has 22 heavy (non-hydrogen) atoms. The normalized spacial score (nSPS) is 9.86. The quantitative estimate of drug-likeness (QED) is 0.870. The van der Waals surface area contributed by atoms with Gasteiger partial charge in [0.05, 0.1) is 7.11 Å². The summed E-state index contributed by atoms with van der Waals surface area (Å²) in [5.41, 5.74) is 8.88. The van der Waals surface area contributed by atoms with Gasteiger partial charge in [0, 0.05) is 0 Å². The van der Waals surface area contributed by atoms with Crippen molar-refractivity contribution >= 4 is 0 Å². The Labute approximate surface area is 133 Å². The van der Waals surface area contributed by atoms with Gasteiger partial charge >= 0.3 is 0 Å². The first-order valence-electron chi connectivity index (χ1n) is 7.83. The summed E-state index contributed by atoms with van der Waals surface area (Å²) in [6.45, 7) is 4.63. The van der Waals surface area contributed by atoms with E-state index in [1.165, 1.54) is 11.6 Å². The molecule has 0 radical (unpaired) electrons. The molecular weight excluding hydrogens is 277 g/mol.